The van der Waals surface area contributed by atoms with E-state index in [-0.39, 0.29) is 0 Å². The molecule has 0 unspecified atom stereocenters. The molecule has 0 aliphatic heterocycles. The molecule has 0 atom stereocenters. The first-order valence-electron chi connectivity index (χ1n) is 7.62. The normalized spacial score (nSPS) is 12.0. The smallest absolute Gasteiger partial charge is 0.174 e. The van der Waals surface area contributed by atoms with Crippen LogP contribution in [0.4, 0.5) is 11.4 Å². The van der Waals surface area contributed by atoms with Crippen LogP contribution in [-0.4, -0.2) is 21.0 Å². The standard InChI is InChI=1S/C18H17ClN6/c19-13-4-2-6-15(11-13)22-16(21)7-8-17-23-18(25-24-17)10-12-3-1-5-14(20)9-12/h1-9,11H,10,20H2,(H2,21,22)(H,23,24,25)/b8-7-. The van der Waals surface area contributed by atoms with Crippen LogP contribution in [0.2, 0.25) is 5.02 Å². The molecule has 2 aromatic carbocycles. The van der Waals surface area contributed by atoms with E-state index >= 15 is 0 Å². The number of benzene rings is 2. The van der Waals surface area contributed by atoms with Gasteiger partial charge < -0.3 is 11.5 Å². The van der Waals surface area contributed by atoms with Crippen LogP contribution in [-0.2, 0) is 6.42 Å². The lowest BCUT2D eigenvalue weighted by Crippen LogP contribution is -2.06. The number of nitrogens with one attached hydrogen (secondary N) is 1. The van der Waals surface area contributed by atoms with Crippen molar-refractivity contribution in [2.45, 2.75) is 6.42 Å². The van der Waals surface area contributed by atoms with Gasteiger partial charge in [-0.05, 0) is 48.0 Å². The quantitative estimate of drug-likeness (QED) is 0.372. The van der Waals surface area contributed by atoms with E-state index in [2.05, 4.69) is 20.2 Å². The molecular formula is C18H17ClN6. The number of aliphatic imine (C=N–C) groups is 1. The van der Waals surface area contributed by atoms with Gasteiger partial charge in [-0.1, -0.05) is 29.8 Å². The Bertz CT molecular complexity index is 929. The number of rotatable bonds is 5. The molecule has 3 aromatic rings. The van der Waals surface area contributed by atoms with Crippen LogP contribution in [0.15, 0.2) is 59.6 Å². The molecule has 1 heterocycles. The maximum absolute atomic E-state index is 5.92. The molecular weight excluding hydrogens is 336 g/mol. The third kappa shape index (κ3) is 4.92. The van der Waals surface area contributed by atoms with Gasteiger partial charge in [0.2, 0.25) is 0 Å². The van der Waals surface area contributed by atoms with Crippen molar-refractivity contribution in [3.8, 4) is 0 Å². The topological polar surface area (TPSA) is 106 Å². The molecule has 5 N–H and O–H groups in total. The van der Waals surface area contributed by atoms with Crippen molar-refractivity contribution in [2.75, 3.05) is 5.73 Å². The number of nitrogens with two attached hydrogens (primary N) is 2. The lowest BCUT2D eigenvalue weighted by molar-refractivity contribution is 0.972. The van der Waals surface area contributed by atoms with E-state index in [1.165, 1.54) is 0 Å². The van der Waals surface area contributed by atoms with Crippen LogP contribution < -0.4 is 11.5 Å². The molecule has 0 bridgehead atoms. The Hall–Kier alpha value is -3.12. The Kier molecular flexibility index (Phi) is 5.11. The summed E-state index contributed by atoms with van der Waals surface area (Å²) >= 11 is 5.92. The van der Waals surface area contributed by atoms with Crippen molar-refractivity contribution in [1.82, 2.24) is 15.2 Å². The molecule has 6 nitrogen and oxygen atoms in total. The lowest BCUT2D eigenvalue weighted by Gasteiger charge is -1.98. The van der Waals surface area contributed by atoms with Gasteiger partial charge in [0.05, 0.1) is 5.69 Å². The average Bonchev–Trinajstić information content (AvgIpc) is 3.00. The first kappa shape index (κ1) is 16.7. The average molecular weight is 353 g/mol. The second-order valence-electron chi connectivity index (χ2n) is 5.41. The Balaban J connectivity index is 1.67. The number of aromatic nitrogens is 3. The molecule has 0 amide bonds. The lowest BCUT2D eigenvalue weighted by atomic mass is 10.1. The third-order valence-corrected chi connectivity index (χ3v) is 3.58. The summed E-state index contributed by atoms with van der Waals surface area (Å²) in [6.45, 7) is 0. The van der Waals surface area contributed by atoms with E-state index in [0.717, 1.165) is 17.1 Å². The fourth-order valence-corrected chi connectivity index (χ4v) is 2.44. The van der Waals surface area contributed by atoms with Gasteiger partial charge in [0.15, 0.2) is 5.82 Å². The van der Waals surface area contributed by atoms with E-state index in [9.17, 15) is 0 Å². The molecule has 0 radical (unpaired) electrons. The highest BCUT2D eigenvalue weighted by Crippen LogP contribution is 2.17. The Morgan fingerprint density at radius 3 is 2.84 bits per heavy atom. The number of nitrogens with zero attached hydrogens (tertiary/aromatic N) is 3. The highest BCUT2D eigenvalue weighted by Gasteiger charge is 2.02. The highest BCUT2D eigenvalue weighted by atomic mass is 35.5. The summed E-state index contributed by atoms with van der Waals surface area (Å²) in [6, 6.07) is 14.8. The fourth-order valence-electron chi connectivity index (χ4n) is 2.25. The van der Waals surface area contributed by atoms with E-state index < -0.39 is 0 Å². The van der Waals surface area contributed by atoms with Crippen molar-refractivity contribution in [1.29, 1.82) is 0 Å². The number of anilines is 1. The minimum atomic E-state index is 0.337. The minimum absolute atomic E-state index is 0.337. The summed E-state index contributed by atoms with van der Waals surface area (Å²) in [6.07, 6.45) is 3.97. The zero-order chi connectivity index (χ0) is 17.6. The van der Waals surface area contributed by atoms with E-state index in [1.807, 2.05) is 36.4 Å². The maximum atomic E-state index is 5.92. The second-order valence-corrected chi connectivity index (χ2v) is 5.85. The predicted molar refractivity (Wildman–Crippen MR) is 102 cm³/mol. The van der Waals surface area contributed by atoms with Gasteiger partial charge in [0, 0.05) is 17.1 Å². The van der Waals surface area contributed by atoms with Crippen LogP contribution in [0.25, 0.3) is 6.08 Å². The van der Waals surface area contributed by atoms with Crippen molar-refractivity contribution < 1.29 is 0 Å². The molecule has 0 saturated carbocycles. The molecule has 0 saturated heterocycles. The highest BCUT2D eigenvalue weighted by molar-refractivity contribution is 6.30. The van der Waals surface area contributed by atoms with Crippen LogP contribution in [0.5, 0.6) is 0 Å². The van der Waals surface area contributed by atoms with Gasteiger partial charge in [-0.3, -0.25) is 5.10 Å². The SMILES string of the molecule is NC(/C=C\c1n[nH]c(Cc2cccc(N)c2)n1)=Nc1cccc(Cl)c1. The van der Waals surface area contributed by atoms with Crippen LogP contribution in [0.3, 0.4) is 0 Å². The van der Waals surface area contributed by atoms with Gasteiger partial charge in [0.1, 0.15) is 11.7 Å². The Labute approximate surface area is 150 Å². The molecule has 0 aliphatic carbocycles. The number of nitrogen functional groups attached to an aromatic ring is 1. The van der Waals surface area contributed by atoms with Gasteiger partial charge in [0.25, 0.3) is 0 Å². The number of aromatic amines is 1. The van der Waals surface area contributed by atoms with Gasteiger partial charge in [-0.2, -0.15) is 5.10 Å². The monoisotopic (exact) mass is 352 g/mol. The van der Waals surface area contributed by atoms with Crippen molar-refractivity contribution >= 4 is 34.9 Å². The van der Waals surface area contributed by atoms with Gasteiger partial charge >= 0.3 is 0 Å². The summed E-state index contributed by atoms with van der Waals surface area (Å²) in [5, 5.41) is 7.65. The molecule has 3 rings (SSSR count). The summed E-state index contributed by atoms with van der Waals surface area (Å²) in [5.41, 5.74) is 14.1. The van der Waals surface area contributed by atoms with Crippen molar-refractivity contribution in [3.63, 3.8) is 0 Å². The molecule has 7 heteroatoms. The number of H-pyrrole nitrogens is 1. The molecule has 0 fully saturated rings. The predicted octanol–water partition coefficient (Wildman–Crippen LogP) is 3.33. The molecule has 0 aliphatic rings. The number of hydrogen-bond acceptors (Lipinski definition) is 4. The summed E-state index contributed by atoms with van der Waals surface area (Å²) < 4.78 is 0. The van der Waals surface area contributed by atoms with E-state index in [0.29, 0.717) is 28.8 Å². The molecule has 0 spiro atoms. The zero-order valence-corrected chi connectivity index (χ0v) is 14.1. The fraction of sp³-hybridized carbons (Fsp3) is 0.0556. The first-order chi connectivity index (χ1) is 12.1. The largest absolute Gasteiger partial charge is 0.399 e. The summed E-state index contributed by atoms with van der Waals surface area (Å²) in [4.78, 5) is 8.67. The van der Waals surface area contributed by atoms with E-state index in [4.69, 9.17) is 23.1 Å². The Morgan fingerprint density at radius 2 is 2.04 bits per heavy atom. The molecule has 1 aromatic heterocycles. The maximum Gasteiger partial charge on any atom is 0.174 e. The van der Waals surface area contributed by atoms with Gasteiger partial charge in [-0.25, -0.2) is 9.98 Å². The molecule has 25 heavy (non-hydrogen) atoms. The van der Waals surface area contributed by atoms with Crippen LogP contribution in [0.1, 0.15) is 17.2 Å². The number of hydrogen-bond donors (Lipinski definition) is 3. The zero-order valence-electron chi connectivity index (χ0n) is 13.4. The van der Waals surface area contributed by atoms with Crippen LogP contribution in [0, 0.1) is 0 Å². The van der Waals surface area contributed by atoms with Crippen LogP contribution >= 0.6 is 11.6 Å². The van der Waals surface area contributed by atoms with Gasteiger partial charge in [-0.15, -0.1) is 0 Å². The van der Waals surface area contributed by atoms with Crippen molar-refractivity contribution in [2.24, 2.45) is 10.7 Å². The second kappa shape index (κ2) is 7.63. The summed E-state index contributed by atoms with van der Waals surface area (Å²) in [5.74, 6) is 1.61. The van der Waals surface area contributed by atoms with Crippen molar-refractivity contribution in [3.05, 3.63) is 76.8 Å². The molecule has 126 valence electrons. The van der Waals surface area contributed by atoms with E-state index in [1.54, 1.807) is 24.3 Å². The number of amidine groups is 1. The third-order valence-electron chi connectivity index (χ3n) is 3.34. The minimum Gasteiger partial charge on any atom is -0.399 e. The summed E-state index contributed by atoms with van der Waals surface area (Å²) in [7, 11) is 0. The number of halogens is 1. The first-order valence-corrected chi connectivity index (χ1v) is 8.00. The Morgan fingerprint density at radius 1 is 1.20 bits per heavy atom.